The number of rotatable bonds is 5. The Hall–Kier alpha value is 0.150. The fraction of sp³-hybridized carbons (Fsp3) is 1.00. The Morgan fingerprint density at radius 1 is 1.55 bits per heavy atom. The van der Waals surface area contributed by atoms with E-state index in [0.29, 0.717) is 0 Å². The summed E-state index contributed by atoms with van der Waals surface area (Å²) in [5.41, 5.74) is 0. The molecule has 0 fully saturated rings. The molecule has 0 aromatic rings. The van der Waals surface area contributed by atoms with Crippen molar-refractivity contribution in [2.24, 2.45) is 0 Å². The molecule has 2 unspecified atom stereocenters. The molecular weight excluding hydrogens is 163 g/mol. The minimum Gasteiger partial charge on any atom is -0.779 e. The van der Waals surface area contributed by atoms with Crippen LogP contribution in [0.4, 0.5) is 0 Å². The summed E-state index contributed by atoms with van der Waals surface area (Å²) in [5, 5.41) is 0. The van der Waals surface area contributed by atoms with Crippen LogP contribution in [0.15, 0.2) is 0 Å². The van der Waals surface area contributed by atoms with E-state index in [1.165, 1.54) is 0 Å². The van der Waals surface area contributed by atoms with Gasteiger partial charge in [0.25, 0.3) is 0 Å². The average molecular weight is 179 g/mol. The van der Waals surface area contributed by atoms with Crippen molar-refractivity contribution in [2.75, 3.05) is 6.66 Å². The molecule has 0 aromatic heterocycles. The first-order chi connectivity index (χ1) is 4.99. The van der Waals surface area contributed by atoms with Crippen molar-refractivity contribution in [1.82, 2.24) is 0 Å². The first kappa shape index (κ1) is 11.2. The van der Waals surface area contributed by atoms with Crippen LogP contribution in [0.5, 0.6) is 0 Å². The van der Waals surface area contributed by atoms with Crippen LogP contribution in [0, 0.1) is 0 Å². The molecule has 0 aliphatic carbocycles. The summed E-state index contributed by atoms with van der Waals surface area (Å²) in [6, 6.07) is 0. The maximum Gasteiger partial charge on any atom is 0.132 e. The van der Waals surface area contributed by atoms with Crippen LogP contribution in [-0.4, -0.2) is 12.8 Å². The Balaban J connectivity index is 3.78. The summed E-state index contributed by atoms with van der Waals surface area (Å²) in [7, 11) is -3.52. The molecule has 0 heterocycles. The third-order valence-corrected chi connectivity index (χ3v) is 2.09. The molecule has 0 saturated heterocycles. The Morgan fingerprint density at radius 2 is 2.09 bits per heavy atom. The van der Waals surface area contributed by atoms with Gasteiger partial charge in [0.15, 0.2) is 0 Å². The molecule has 2 atom stereocenters. The third kappa shape index (κ3) is 6.54. The monoisotopic (exact) mass is 179 g/mol. The molecule has 0 amide bonds. The van der Waals surface area contributed by atoms with E-state index in [0.717, 1.165) is 25.9 Å². The van der Waals surface area contributed by atoms with Gasteiger partial charge >= 0.3 is 0 Å². The molecule has 11 heavy (non-hydrogen) atoms. The van der Waals surface area contributed by atoms with Gasteiger partial charge in [-0.15, -0.1) is 0 Å². The van der Waals surface area contributed by atoms with Crippen molar-refractivity contribution in [1.29, 1.82) is 0 Å². The van der Waals surface area contributed by atoms with Gasteiger partial charge in [-0.2, -0.15) is 0 Å². The van der Waals surface area contributed by atoms with Crippen LogP contribution in [0.3, 0.4) is 0 Å². The minimum atomic E-state index is -3.52. The van der Waals surface area contributed by atoms with E-state index in [9.17, 15) is 9.46 Å². The van der Waals surface area contributed by atoms with Crippen molar-refractivity contribution < 1.29 is 14.0 Å². The molecule has 0 aromatic carbocycles. The molecule has 0 saturated carbocycles. The Kier molecular flexibility index (Phi) is 4.98. The molecule has 0 aliphatic rings. The van der Waals surface area contributed by atoms with Crippen molar-refractivity contribution in [3.63, 3.8) is 0 Å². The Morgan fingerprint density at radius 3 is 2.36 bits per heavy atom. The SMILES string of the molecule is CCCC(CC)OP(C)(=O)[O-]. The van der Waals surface area contributed by atoms with E-state index >= 15 is 0 Å². The summed E-state index contributed by atoms with van der Waals surface area (Å²) in [5.74, 6) is 0. The van der Waals surface area contributed by atoms with Gasteiger partial charge in [-0.1, -0.05) is 20.3 Å². The summed E-state index contributed by atoms with van der Waals surface area (Å²) in [6.45, 7) is 5.05. The summed E-state index contributed by atoms with van der Waals surface area (Å²) in [6.07, 6.45) is 2.41. The lowest BCUT2D eigenvalue weighted by atomic mass is 10.2. The predicted molar refractivity (Wildman–Crippen MR) is 43.6 cm³/mol. The minimum absolute atomic E-state index is 0.117. The van der Waals surface area contributed by atoms with E-state index in [-0.39, 0.29) is 6.10 Å². The smallest absolute Gasteiger partial charge is 0.132 e. The molecule has 0 rings (SSSR count). The first-order valence-corrected chi connectivity index (χ1v) is 5.95. The molecular formula is C7H16O3P-. The van der Waals surface area contributed by atoms with Gasteiger partial charge < -0.3 is 14.0 Å². The third-order valence-electron chi connectivity index (χ3n) is 1.41. The summed E-state index contributed by atoms with van der Waals surface area (Å²) >= 11 is 0. The van der Waals surface area contributed by atoms with Crippen molar-refractivity contribution in [3.05, 3.63) is 0 Å². The quantitative estimate of drug-likeness (QED) is 0.604. The fourth-order valence-corrected chi connectivity index (χ4v) is 1.72. The molecule has 0 spiro atoms. The highest BCUT2D eigenvalue weighted by atomic mass is 31.2. The van der Waals surface area contributed by atoms with Gasteiger partial charge in [0.05, 0.1) is 6.10 Å². The fourth-order valence-electron chi connectivity index (χ4n) is 0.924. The molecule has 0 aliphatic heterocycles. The largest absolute Gasteiger partial charge is 0.779 e. The van der Waals surface area contributed by atoms with Gasteiger partial charge in [0.2, 0.25) is 0 Å². The maximum absolute atomic E-state index is 10.7. The van der Waals surface area contributed by atoms with Crippen LogP contribution < -0.4 is 4.89 Å². The van der Waals surface area contributed by atoms with Gasteiger partial charge in [-0.05, 0) is 12.8 Å². The van der Waals surface area contributed by atoms with Gasteiger partial charge in [0, 0.05) is 6.66 Å². The average Bonchev–Trinajstić information content (AvgIpc) is 1.84. The van der Waals surface area contributed by atoms with Gasteiger partial charge in [-0.3, -0.25) is 0 Å². The second kappa shape index (κ2) is 4.91. The van der Waals surface area contributed by atoms with Crippen LogP contribution in [-0.2, 0) is 9.09 Å². The number of hydrogen-bond donors (Lipinski definition) is 0. The molecule has 0 bridgehead atoms. The van der Waals surface area contributed by atoms with Crippen molar-refractivity contribution in [3.8, 4) is 0 Å². The highest BCUT2D eigenvalue weighted by Crippen LogP contribution is 2.34. The highest BCUT2D eigenvalue weighted by Gasteiger charge is 2.09. The zero-order chi connectivity index (χ0) is 8.91. The second-order valence-electron chi connectivity index (χ2n) is 2.70. The lowest BCUT2D eigenvalue weighted by molar-refractivity contribution is -0.200. The van der Waals surface area contributed by atoms with E-state index in [2.05, 4.69) is 0 Å². The Labute approximate surface area is 68.3 Å². The van der Waals surface area contributed by atoms with E-state index in [1.807, 2.05) is 13.8 Å². The van der Waals surface area contributed by atoms with E-state index in [1.54, 1.807) is 0 Å². The van der Waals surface area contributed by atoms with Crippen LogP contribution in [0.25, 0.3) is 0 Å². The van der Waals surface area contributed by atoms with Crippen LogP contribution >= 0.6 is 7.60 Å². The zero-order valence-electron chi connectivity index (χ0n) is 7.37. The second-order valence-corrected chi connectivity index (χ2v) is 4.45. The van der Waals surface area contributed by atoms with Crippen LogP contribution in [0.1, 0.15) is 33.1 Å². The molecule has 0 radical (unpaired) electrons. The predicted octanol–water partition coefficient (Wildman–Crippen LogP) is 1.76. The lowest BCUT2D eigenvalue weighted by Gasteiger charge is -2.24. The van der Waals surface area contributed by atoms with E-state index in [4.69, 9.17) is 4.52 Å². The van der Waals surface area contributed by atoms with Crippen molar-refractivity contribution in [2.45, 2.75) is 39.2 Å². The number of hydrogen-bond acceptors (Lipinski definition) is 3. The molecule has 68 valence electrons. The zero-order valence-corrected chi connectivity index (χ0v) is 8.27. The topological polar surface area (TPSA) is 49.4 Å². The highest BCUT2D eigenvalue weighted by molar-refractivity contribution is 7.50. The molecule has 3 nitrogen and oxygen atoms in total. The van der Waals surface area contributed by atoms with Gasteiger partial charge in [0.1, 0.15) is 7.60 Å². The first-order valence-electron chi connectivity index (χ1n) is 3.96. The molecule has 4 heteroatoms. The Bertz CT molecular complexity index is 141. The normalized spacial score (nSPS) is 19.3. The maximum atomic E-state index is 10.7. The van der Waals surface area contributed by atoms with E-state index < -0.39 is 7.60 Å². The standard InChI is InChI=1S/C7H17O3P/c1-4-6-7(5-2)10-11(3,8)9/h7H,4-6H2,1-3H3,(H,8,9)/p-1. The summed E-state index contributed by atoms with van der Waals surface area (Å²) < 4.78 is 15.5. The van der Waals surface area contributed by atoms with Gasteiger partial charge in [-0.25, -0.2) is 0 Å². The lowest BCUT2D eigenvalue weighted by Crippen LogP contribution is -2.14. The van der Waals surface area contributed by atoms with Crippen molar-refractivity contribution >= 4 is 7.60 Å². The summed E-state index contributed by atoms with van der Waals surface area (Å²) in [4.78, 5) is 10.7. The molecule has 0 N–H and O–H groups in total. The van der Waals surface area contributed by atoms with Crippen LogP contribution in [0.2, 0.25) is 0 Å².